The van der Waals surface area contributed by atoms with Gasteiger partial charge in [0, 0.05) is 11.4 Å². The first-order valence-corrected chi connectivity index (χ1v) is 10.8. The van der Waals surface area contributed by atoms with Crippen molar-refractivity contribution in [2.24, 2.45) is 0 Å². The molecule has 0 aliphatic carbocycles. The summed E-state index contributed by atoms with van der Waals surface area (Å²) in [5.74, 6) is -1.28. The van der Waals surface area contributed by atoms with E-state index >= 15 is 0 Å². The van der Waals surface area contributed by atoms with E-state index in [1.165, 1.54) is 40.9 Å². The van der Waals surface area contributed by atoms with Crippen molar-refractivity contribution in [3.63, 3.8) is 0 Å². The Bertz CT molecular complexity index is 1210. The second-order valence-corrected chi connectivity index (χ2v) is 8.25. The Kier molecular flexibility index (Phi) is 6.34. The van der Waals surface area contributed by atoms with Gasteiger partial charge in [0.1, 0.15) is 22.5 Å². The van der Waals surface area contributed by atoms with E-state index in [-0.39, 0.29) is 16.5 Å². The van der Waals surface area contributed by atoms with Crippen molar-refractivity contribution in [2.75, 3.05) is 10.2 Å². The van der Waals surface area contributed by atoms with Crippen LogP contribution in [0.3, 0.4) is 0 Å². The van der Waals surface area contributed by atoms with Gasteiger partial charge in [0.2, 0.25) is 5.91 Å². The van der Waals surface area contributed by atoms with Gasteiger partial charge in [-0.1, -0.05) is 60.3 Å². The SMILES string of the molecule is N#C/C(C(=O)Nc1ccc(F)cc1)=C1/S[C@@H](Cc2ccccc2)C(=O)N1c1ccccc1. The zero-order valence-corrected chi connectivity index (χ0v) is 17.7. The second-order valence-electron chi connectivity index (χ2n) is 7.06. The van der Waals surface area contributed by atoms with Crippen LogP contribution in [0, 0.1) is 17.1 Å². The van der Waals surface area contributed by atoms with Gasteiger partial charge >= 0.3 is 0 Å². The number of nitriles is 1. The molecule has 2 amide bonds. The molecular formula is C25H18FN3O2S. The molecule has 0 saturated carbocycles. The highest BCUT2D eigenvalue weighted by Crippen LogP contribution is 2.42. The summed E-state index contributed by atoms with van der Waals surface area (Å²) in [5.41, 5.74) is 1.75. The van der Waals surface area contributed by atoms with Crippen molar-refractivity contribution in [2.45, 2.75) is 11.7 Å². The Hall–Kier alpha value is -3.89. The van der Waals surface area contributed by atoms with Crippen molar-refractivity contribution in [3.8, 4) is 6.07 Å². The lowest BCUT2D eigenvalue weighted by molar-refractivity contribution is -0.117. The molecular weight excluding hydrogens is 425 g/mol. The Balaban J connectivity index is 1.70. The molecule has 1 heterocycles. The van der Waals surface area contributed by atoms with Crippen LogP contribution in [0.25, 0.3) is 0 Å². The van der Waals surface area contributed by atoms with Crippen LogP contribution in [-0.2, 0) is 16.0 Å². The number of nitrogens with zero attached hydrogens (tertiary/aromatic N) is 2. The molecule has 1 N–H and O–H groups in total. The Morgan fingerprint density at radius 3 is 2.25 bits per heavy atom. The molecule has 0 aromatic heterocycles. The molecule has 1 aliphatic rings. The second kappa shape index (κ2) is 9.50. The molecule has 0 radical (unpaired) electrons. The molecule has 32 heavy (non-hydrogen) atoms. The fourth-order valence-corrected chi connectivity index (χ4v) is 4.66. The average molecular weight is 444 g/mol. The molecule has 3 aromatic rings. The lowest BCUT2D eigenvalue weighted by Gasteiger charge is -2.18. The molecule has 0 spiro atoms. The van der Waals surface area contributed by atoms with Crippen LogP contribution >= 0.6 is 11.8 Å². The topological polar surface area (TPSA) is 73.2 Å². The zero-order chi connectivity index (χ0) is 22.5. The van der Waals surface area contributed by atoms with Gasteiger partial charge in [-0.25, -0.2) is 4.39 Å². The predicted octanol–water partition coefficient (Wildman–Crippen LogP) is 4.89. The average Bonchev–Trinajstić information content (AvgIpc) is 3.12. The van der Waals surface area contributed by atoms with Crippen LogP contribution in [0.5, 0.6) is 0 Å². The summed E-state index contributed by atoms with van der Waals surface area (Å²) in [4.78, 5) is 27.7. The van der Waals surface area contributed by atoms with Gasteiger partial charge in [-0.2, -0.15) is 5.26 Å². The molecule has 1 fully saturated rings. The summed E-state index contributed by atoms with van der Waals surface area (Å²) in [6.07, 6.45) is 0.468. The first kappa shape index (κ1) is 21.3. The van der Waals surface area contributed by atoms with E-state index in [1.54, 1.807) is 24.3 Å². The maximum absolute atomic E-state index is 13.3. The number of carbonyl (C=O) groups excluding carboxylic acids is 2. The number of thioether (sulfide) groups is 1. The third-order valence-corrected chi connectivity index (χ3v) is 6.15. The molecule has 3 aromatic carbocycles. The largest absolute Gasteiger partial charge is 0.321 e. The van der Waals surface area contributed by atoms with Crippen molar-refractivity contribution in [1.29, 1.82) is 5.26 Å². The number of hydrogen-bond acceptors (Lipinski definition) is 4. The van der Waals surface area contributed by atoms with Gasteiger partial charge in [-0.15, -0.1) is 0 Å². The summed E-state index contributed by atoms with van der Waals surface area (Å²) >= 11 is 1.20. The van der Waals surface area contributed by atoms with Crippen LogP contribution in [0.1, 0.15) is 5.56 Å². The monoisotopic (exact) mass is 443 g/mol. The van der Waals surface area contributed by atoms with Crippen molar-refractivity contribution in [1.82, 2.24) is 0 Å². The van der Waals surface area contributed by atoms with Gasteiger partial charge in [-0.3, -0.25) is 14.5 Å². The predicted molar refractivity (Wildman–Crippen MR) is 123 cm³/mol. The minimum atomic E-state index is -0.657. The summed E-state index contributed by atoms with van der Waals surface area (Å²) in [5, 5.41) is 12.2. The Morgan fingerprint density at radius 1 is 1.00 bits per heavy atom. The number of carbonyl (C=O) groups is 2. The maximum atomic E-state index is 13.3. The third kappa shape index (κ3) is 4.56. The normalized spacial score (nSPS) is 17.1. The van der Waals surface area contributed by atoms with Crippen LogP contribution in [-0.4, -0.2) is 17.1 Å². The molecule has 0 bridgehead atoms. The highest BCUT2D eigenvalue weighted by atomic mass is 32.2. The standard InChI is InChI=1S/C25H18FN3O2S/c26-18-11-13-19(14-12-18)28-23(30)21(16-27)25-29(20-9-5-2-6-10-20)24(31)22(32-25)15-17-7-3-1-4-8-17/h1-14,22H,15H2,(H,28,30)/b25-21-/t22-/m0/s1. The molecule has 1 aliphatic heterocycles. The molecule has 0 unspecified atom stereocenters. The number of para-hydroxylation sites is 1. The van der Waals surface area contributed by atoms with E-state index in [4.69, 9.17) is 0 Å². The van der Waals surface area contributed by atoms with E-state index in [2.05, 4.69) is 5.32 Å². The lowest BCUT2D eigenvalue weighted by Crippen LogP contribution is -2.30. The number of nitrogens with one attached hydrogen (secondary N) is 1. The lowest BCUT2D eigenvalue weighted by atomic mass is 10.1. The fourth-order valence-electron chi connectivity index (χ4n) is 3.35. The third-order valence-electron chi connectivity index (χ3n) is 4.89. The smallest absolute Gasteiger partial charge is 0.269 e. The van der Waals surface area contributed by atoms with Gasteiger partial charge in [0.15, 0.2) is 0 Å². The minimum Gasteiger partial charge on any atom is -0.321 e. The summed E-state index contributed by atoms with van der Waals surface area (Å²) < 4.78 is 13.2. The Morgan fingerprint density at radius 2 is 1.62 bits per heavy atom. The zero-order valence-electron chi connectivity index (χ0n) is 16.9. The summed E-state index contributed by atoms with van der Waals surface area (Å²) in [7, 11) is 0. The van der Waals surface area contributed by atoms with Crippen LogP contribution in [0.15, 0.2) is 95.5 Å². The van der Waals surface area contributed by atoms with Gasteiger partial charge in [-0.05, 0) is 48.4 Å². The molecule has 5 nitrogen and oxygen atoms in total. The minimum absolute atomic E-state index is 0.174. The summed E-state index contributed by atoms with van der Waals surface area (Å²) in [6, 6.07) is 25.7. The van der Waals surface area contributed by atoms with Gasteiger partial charge < -0.3 is 5.32 Å². The number of hydrogen-bond donors (Lipinski definition) is 1. The van der Waals surface area contributed by atoms with Crippen LogP contribution in [0.2, 0.25) is 0 Å². The number of benzene rings is 3. The molecule has 7 heteroatoms. The molecule has 4 rings (SSSR count). The van der Waals surface area contributed by atoms with E-state index in [0.29, 0.717) is 17.8 Å². The van der Waals surface area contributed by atoms with E-state index < -0.39 is 17.0 Å². The van der Waals surface area contributed by atoms with Crippen molar-refractivity contribution < 1.29 is 14.0 Å². The number of amides is 2. The highest BCUT2D eigenvalue weighted by Gasteiger charge is 2.40. The first-order chi connectivity index (χ1) is 15.6. The van der Waals surface area contributed by atoms with Crippen molar-refractivity contribution in [3.05, 3.63) is 107 Å². The molecule has 1 saturated heterocycles. The fraction of sp³-hybridized carbons (Fsp3) is 0.0800. The van der Waals surface area contributed by atoms with E-state index in [9.17, 15) is 19.2 Å². The first-order valence-electron chi connectivity index (χ1n) is 9.87. The molecule has 158 valence electrons. The van der Waals surface area contributed by atoms with E-state index in [1.807, 2.05) is 42.5 Å². The number of halogens is 1. The van der Waals surface area contributed by atoms with Gasteiger partial charge in [0.25, 0.3) is 5.91 Å². The quantitative estimate of drug-likeness (QED) is 0.450. The maximum Gasteiger partial charge on any atom is 0.269 e. The van der Waals surface area contributed by atoms with Crippen LogP contribution in [0.4, 0.5) is 15.8 Å². The molecule has 1 atom stereocenters. The highest BCUT2D eigenvalue weighted by molar-refractivity contribution is 8.05. The number of rotatable bonds is 5. The summed E-state index contributed by atoms with van der Waals surface area (Å²) in [6.45, 7) is 0. The van der Waals surface area contributed by atoms with E-state index in [0.717, 1.165) is 5.56 Å². The number of anilines is 2. The Labute approximate surface area is 189 Å². The van der Waals surface area contributed by atoms with Crippen molar-refractivity contribution >= 4 is 35.0 Å². The van der Waals surface area contributed by atoms with Crippen LogP contribution < -0.4 is 10.2 Å². The van der Waals surface area contributed by atoms with Gasteiger partial charge in [0.05, 0.1) is 5.25 Å².